The first-order chi connectivity index (χ1) is 8.63. The van der Waals surface area contributed by atoms with E-state index < -0.39 is 0 Å². The number of hydrogen-bond acceptors (Lipinski definition) is 2. The van der Waals surface area contributed by atoms with Gasteiger partial charge in [0.25, 0.3) is 0 Å². The number of carbonyl (C=O) groups is 1. The zero-order valence-corrected chi connectivity index (χ0v) is 10.9. The van der Waals surface area contributed by atoms with Gasteiger partial charge in [0.05, 0.1) is 12.7 Å². The fourth-order valence-corrected chi connectivity index (χ4v) is 1.87. The first kappa shape index (κ1) is 12.4. The molecule has 0 saturated heterocycles. The lowest BCUT2D eigenvalue weighted by atomic mass is 9.99. The van der Waals surface area contributed by atoms with Gasteiger partial charge in [-0.2, -0.15) is 0 Å². The van der Waals surface area contributed by atoms with Crippen molar-refractivity contribution in [2.75, 3.05) is 7.11 Å². The van der Waals surface area contributed by atoms with Crippen LogP contribution in [0.15, 0.2) is 42.5 Å². The van der Waals surface area contributed by atoms with E-state index in [-0.39, 0.29) is 5.78 Å². The van der Waals surface area contributed by atoms with E-state index in [0.29, 0.717) is 16.9 Å². The fraction of sp³-hybridized carbons (Fsp3) is 0.188. The van der Waals surface area contributed by atoms with Crippen LogP contribution in [0.25, 0.3) is 0 Å². The number of aryl methyl sites for hydroxylation is 2. The highest BCUT2D eigenvalue weighted by Gasteiger charge is 2.14. The molecule has 0 radical (unpaired) electrons. The highest BCUT2D eigenvalue weighted by atomic mass is 16.5. The number of rotatable bonds is 3. The molecule has 2 nitrogen and oxygen atoms in total. The van der Waals surface area contributed by atoms with Crippen LogP contribution in [-0.2, 0) is 0 Å². The molecular weight excluding hydrogens is 224 g/mol. The lowest BCUT2D eigenvalue weighted by Crippen LogP contribution is -2.04. The average molecular weight is 240 g/mol. The second-order valence-electron chi connectivity index (χ2n) is 4.33. The standard InChI is InChI=1S/C16H16O2/c1-11-8-9-13(10-12(11)2)16(17)14-6-4-5-7-15(14)18-3/h4-10H,1-3H3. The number of methoxy groups -OCH3 is 1. The van der Waals surface area contributed by atoms with E-state index in [1.807, 2.05) is 44.2 Å². The third kappa shape index (κ3) is 2.28. The summed E-state index contributed by atoms with van der Waals surface area (Å²) in [5.41, 5.74) is 3.60. The maximum absolute atomic E-state index is 12.4. The summed E-state index contributed by atoms with van der Waals surface area (Å²) in [4.78, 5) is 12.4. The largest absolute Gasteiger partial charge is 0.496 e. The van der Waals surface area contributed by atoms with E-state index in [1.54, 1.807) is 19.2 Å². The van der Waals surface area contributed by atoms with E-state index in [1.165, 1.54) is 5.56 Å². The van der Waals surface area contributed by atoms with Crippen LogP contribution in [-0.4, -0.2) is 12.9 Å². The molecule has 0 bridgehead atoms. The van der Waals surface area contributed by atoms with E-state index in [9.17, 15) is 4.79 Å². The number of benzene rings is 2. The molecule has 0 atom stereocenters. The number of carbonyl (C=O) groups excluding carboxylic acids is 1. The van der Waals surface area contributed by atoms with Crippen LogP contribution in [0, 0.1) is 13.8 Å². The quantitative estimate of drug-likeness (QED) is 0.767. The molecule has 92 valence electrons. The smallest absolute Gasteiger partial charge is 0.196 e. The van der Waals surface area contributed by atoms with Crippen molar-refractivity contribution in [1.82, 2.24) is 0 Å². The predicted molar refractivity (Wildman–Crippen MR) is 72.3 cm³/mol. The first-order valence-corrected chi connectivity index (χ1v) is 5.88. The normalized spacial score (nSPS) is 10.2. The number of ketones is 1. The Balaban J connectivity index is 2.44. The van der Waals surface area contributed by atoms with Gasteiger partial charge >= 0.3 is 0 Å². The van der Waals surface area contributed by atoms with Gasteiger partial charge < -0.3 is 4.74 Å². The van der Waals surface area contributed by atoms with Gasteiger partial charge in [0.15, 0.2) is 5.78 Å². The van der Waals surface area contributed by atoms with Gasteiger partial charge in [0, 0.05) is 5.56 Å². The van der Waals surface area contributed by atoms with Crippen molar-refractivity contribution in [3.05, 3.63) is 64.7 Å². The van der Waals surface area contributed by atoms with E-state index in [2.05, 4.69) is 0 Å². The summed E-state index contributed by atoms with van der Waals surface area (Å²) >= 11 is 0. The van der Waals surface area contributed by atoms with Gasteiger partial charge in [-0.15, -0.1) is 0 Å². The van der Waals surface area contributed by atoms with Gasteiger partial charge in [-0.05, 0) is 43.2 Å². The maximum atomic E-state index is 12.4. The highest BCUT2D eigenvalue weighted by molar-refractivity contribution is 6.10. The minimum Gasteiger partial charge on any atom is -0.496 e. The topological polar surface area (TPSA) is 26.3 Å². The maximum Gasteiger partial charge on any atom is 0.196 e. The van der Waals surface area contributed by atoms with Gasteiger partial charge in [-0.25, -0.2) is 0 Å². The van der Waals surface area contributed by atoms with Crippen molar-refractivity contribution in [2.45, 2.75) is 13.8 Å². The molecule has 2 aromatic carbocycles. The van der Waals surface area contributed by atoms with E-state index in [4.69, 9.17) is 4.74 Å². The van der Waals surface area contributed by atoms with Crippen LogP contribution in [0.5, 0.6) is 5.75 Å². The molecule has 18 heavy (non-hydrogen) atoms. The average Bonchev–Trinajstić information content (AvgIpc) is 2.41. The summed E-state index contributed by atoms with van der Waals surface area (Å²) in [6, 6.07) is 13.0. The summed E-state index contributed by atoms with van der Waals surface area (Å²) in [7, 11) is 1.58. The minimum absolute atomic E-state index is 0.00412. The zero-order chi connectivity index (χ0) is 13.1. The molecule has 0 aliphatic heterocycles. The summed E-state index contributed by atoms with van der Waals surface area (Å²) in [5.74, 6) is 0.608. The Bertz CT molecular complexity index is 585. The van der Waals surface area contributed by atoms with Crippen molar-refractivity contribution in [3.8, 4) is 5.75 Å². The van der Waals surface area contributed by atoms with Crippen molar-refractivity contribution in [1.29, 1.82) is 0 Å². The Kier molecular flexibility index (Phi) is 3.47. The van der Waals surface area contributed by atoms with E-state index in [0.717, 1.165) is 5.56 Å². The number of hydrogen-bond donors (Lipinski definition) is 0. The fourth-order valence-electron chi connectivity index (χ4n) is 1.87. The first-order valence-electron chi connectivity index (χ1n) is 5.88. The van der Waals surface area contributed by atoms with Crippen LogP contribution < -0.4 is 4.74 Å². The molecule has 0 aliphatic rings. The van der Waals surface area contributed by atoms with Crippen molar-refractivity contribution in [2.24, 2.45) is 0 Å². The third-order valence-corrected chi connectivity index (χ3v) is 3.12. The minimum atomic E-state index is -0.00412. The summed E-state index contributed by atoms with van der Waals surface area (Å²) in [6.45, 7) is 4.04. The van der Waals surface area contributed by atoms with Gasteiger partial charge in [-0.3, -0.25) is 4.79 Å². The zero-order valence-electron chi connectivity index (χ0n) is 10.9. The Morgan fingerprint density at radius 1 is 1.00 bits per heavy atom. The second-order valence-corrected chi connectivity index (χ2v) is 4.33. The summed E-state index contributed by atoms with van der Waals surface area (Å²) < 4.78 is 5.22. The molecule has 0 amide bonds. The molecular formula is C16H16O2. The second kappa shape index (κ2) is 5.05. The summed E-state index contributed by atoms with van der Waals surface area (Å²) in [5, 5.41) is 0. The Hall–Kier alpha value is -2.09. The van der Waals surface area contributed by atoms with Crippen LogP contribution >= 0.6 is 0 Å². The van der Waals surface area contributed by atoms with Crippen molar-refractivity contribution in [3.63, 3.8) is 0 Å². The summed E-state index contributed by atoms with van der Waals surface area (Å²) in [6.07, 6.45) is 0. The lowest BCUT2D eigenvalue weighted by molar-refractivity contribution is 0.103. The Morgan fingerprint density at radius 3 is 2.39 bits per heavy atom. The van der Waals surface area contributed by atoms with Gasteiger partial charge in [0.1, 0.15) is 5.75 Å². The predicted octanol–water partition coefficient (Wildman–Crippen LogP) is 3.54. The van der Waals surface area contributed by atoms with Crippen molar-refractivity contribution < 1.29 is 9.53 Å². The highest BCUT2D eigenvalue weighted by Crippen LogP contribution is 2.22. The number of para-hydroxylation sites is 1. The van der Waals surface area contributed by atoms with Crippen molar-refractivity contribution >= 4 is 5.78 Å². The molecule has 2 rings (SSSR count). The van der Waals surface area contributed by atoms with Crippen LogP contribution in [0.4, 0.5) is 0 Å². The van der Waals surface area contributed by atoms with Crippen LogP contribution in [0.2, 0.25) is 0 Å². The Labute approximate surface area is 107 Å². The molecule has 0 unspecified atom stereocenters. The molecule has 2 heteroatoms. The number of ether oxygens (including phenoxy) is 1. The lowest BCUT2D eigenvalue weighted by Gasteiger charge is -2.08. The Morgan fingerprint density at radius 2 is 1.72 bits per heavy atom. The molecule has 0 fully saturated rings. The molecule has 2 aromatic rings. The molecule has 0 saturated carbocycles. The van der Waals surface area contributed by atoms with Gasteiger partial charge in [0.2, 0.25) is 0 Å². The monoisotopic (exact) mass is 240 g/mol. The molecule has 0 heterocycles. The van der Waals surface area contributed by atoms with Crippen LogP contribution in [0.3, 0.4) is 0 Å². The van der Waals surface area contributed by atoms with Gasteiger partial charge in [-0.1, -0.05) is 24.3 Å². The molecule has 0 aliphatic carbocycles. The molecule has 0 aromatic heterocycles. The van der Waals surface area contributed by atoms with Crippen LogP contribution in [0.1, 0.15) is 27.0 Å². The van der Waals surface area contributed by atoms with E-state index >= 15 is 0 Å². The molecule has 0 spiro atoms. The SMILES string of the molecule is COc1ccccc1C(=O)c1ccc(C)c(C)c1. The third-order valence-electron chi connectivity index (χ3n) is 3.12. The molecule has 0 N–H and O–H groups in total.